The van der Waals surface area contributed by atoms with Crippen LogP contribution in [0.5, 0.6) is 5.75 Å². The minimum absolute atomic E-state index is 0.111. The van der Waals surface area contributed by atoms with E-state index in [0.717, 1.165) is 38.5 Å². The summed E-state index contributed by atoms with van der Waals surface area (Å²) in [4.78, 5) is 2.50. The second kappa shape index (κ2) is 5.95. The van der Waals surface area contributed by atoms with Crippen molar-refractivity contribution in [1.82, 2.24) is 10.2 Å². The molecule has 0 radical (unpaired) electrons. The minimum Gasteiger partial charge on any atom is -0.496 e. The van der Waals surface area contributed by atoms with Gasteiger partial charge in [-0.25, -0.2) is 0 Å². The highest BCUT2D eigenvalue weighted by Gasteiger charge is 2.60. The first-order chi connectivity index (χ1) is 12.2. The predicted octanol–water partition coefficient (Wildman–Crippen LogP) is 0.965. The molecular weight excluding hydrogens is 316 g/mol. The van der Waals surface area contributed by atoms with E-state index < -0.39 is 0 Å². The van der Waals surface area contributed by atoms with E-state index in [1.165, 1.54) is 36.0 Å². The van der Waals surface area contributed by atoms with Crippen molar-refractivity contribution in [3.63, 3.8) is 0 Å². The Morgan fingerprint density at radius 3 is 3.00 bits per heavy atom. The van der Waals surface area contributed by atoms with Gasteiger partial charge in [0.05, 0.1) is 18.8 Å². The van der Waals surface area contributed by atoms with Gasteiger partial charge < -0.3 is 19.9 Å². The fourth-order valence-electron chi connectivity index (χ4n) is 5.72. The van der Waals surface area contributed by atoms with Crippen LogP contribution < -0.4 is 10.1 Å². The quantitative estimate of drug-likeness (QED) is 0.852. The lowest BCUT2D eigenvalue weighted by molar-refractivity contribution is -0.0746. The number of rotatable bonds is 4. The van der Waals surface area contributed by atoms with Crippen molar-refractivity contribution in [2.45, 2.75) is 37.5 Å². The molecule has 5 heteroatoms. The van der Waals surface area contributed by atoms with Gasteiger partial charge in [-0.1, -0.05) is 6.07 Å². The third kappa shape index (κ3) is 2.44. The van der Waals surface area contributed by atoms with Crippen molar-refractivity contribution in [3.8, 4) is 5.75 Å². The Balaban J connectivity index is 1.38. The van der Waals surface area contributed by atoms with Crippen molar-refractivity contribution in [2.75, 3.05) is 39.9 Å². The minimum atomic E-state index is -0.111. The van der Waals surface area contributed by atoms with Gasteiger partial charge in [0.1, 0.15) is 5.75 Å². The van der Waals surface area contributed by atoms with Crippen LogP contribution in [0.2, 0.25) is 0 Å². The Labute approximate surface area is 149 Å². The molecule has 1 aliphatic carbocycles. The molecule has 4 atom stereocenters. The Bertz CT molecular complexity index is 679. The fourth-order valence-corrected chi connectivity index (χ4v) is 5.72. The Kier molecular flexibility index (Phi) is 3.82. The van der Waals surface area contributed by atoms with E-state index in [4.69, 9.17) is 9.47 Å². The Morgan fingerprint density at radius 2 is 2.20 bits per heavy atom. The van der Waals surface area contributed by atoms with Gasteiger partial charge >= 0.3 is 0 Å². The molecule has 1 aromatic carbocycles. The zero-order valence-electron chi connectivity index (χ0n) is 15.0. The molecule has 0 unspecified atom stereocenters. The second-order valence-electron chi connectivity index (χ2n) is 8.26. The first kappa shape index (κ1) is 16.1. The molecule has 4 aliphatic rings. The third-order valence-corrected chi connectivity index (χ3v) is 6.87. The van der Waals surface area contributed by atoms with Crippen LogP contribution in [0, 0.1) is 11.8 Å². The summed E-state index contributed by atoms with van der Waals surface area (Å²) in [6, 6.07) is 4.61. The molecule has 0 aromatic heterocycles. The van der Waals surface area contributed by atoms with Crippen LogP contribution in [0.15, 0.2) is 12.1 Å². The lowest BCUT2D eigenvalue weighted by Gasteiger charge is -2.34. The molecule has 0 amide bonds. The summed E-state index contributed by atoms with van der Waals surface area (Å²) in [5.41, 5.74) is 4.14. The zero-order chi connectivity index (χ0) is 17.0. The molecule has 3 saturated heterocycles. The number of hydrogen-bond acceptors (Lipinski definition) is 5. The highest BCUT2D eigenvalue weighted by atomic mass is 16.5. The summed E-state index contributed by atoms with van der Waals surface area (Å²) in [5.74, 6) is 1.72. The first-order valence-electron chi connectivity index (χ1n) is 9.63. The Morgan fingerprint density at radius 1 is 1.36 bits per heavy atom. The monoisotopic (exact) mass is 344 g/mol. The first-order valence-corrected chi connectivity index (χ1v) is 9.63. The number of fused-ring (bicyclic) bond motifs is 2. The lowest BCUT2D eigenvalue weighted by atomic mass is 9.83. The zero-order valence-corrected chi connectivity index (χ0v) is 15.0. The highest BCUT2D eigenvalue weighted by Crippen LogP contribution is 2.47. The normalized spacial score (nSPS) is 36.5. The van der Waals surface area contributed by atoms with Crippen molar-refractivity contribution in [1.29, 1.82) is 0 Å². The highest BCUT2D eigenvalue weighted by molar-refractivity contribution is 5.45. The average Bonchev–Trinajstić information content (AvgIpc) is 3.24. The number of aliphatic hydroxyl groups excluding tert-OH is 1. The molecule has 3 fully saturated rings. The number of hydrogen-bond donors (Lipinski definition) is 2. The van der Waals surface area contributed by atoms with E-state index in [2.05, 4.69) is 22.3 Å². The molecule has 2 bridgehead atoms. The van der Waals surface area contributed by atoms with Crippen LogP contribution in [0.25, 0.3) is 0 Å². The van der Waals surface area contributed by atoms with Crippen LogP contribution in [-0.2, 0) is 24.1 Å². The SMILES string of the molecule is COc1cc2c(cc1CN1C[C@@H]3[C@H](CO)[C@H]4CNC[C@]3(C1)O4)CCC2. The number of benzene rings is 1. The molecule has 5 nitrogen and oxygen atoms in total. The number of nitrogens with one attached hydrogen (secondary N) is 1. The summed E-state index contributed by atoms with van der Waals surface area (Å²) < 4.78 is 12.1. The molecule has 2 N–H and O–H groups in total. The van der Waals surface area contributed by atoms with Crippen molar-refractivity contribution in [2.24, 2.45) is 11.8 Å². The van der Waals surface area contributed by atoms with Gasteiger partial charge in [0, 0.05) is 56.7 Å². The van der Waals surface area contributed by atoms with Gasteiger partial charge in [0.15, 0.2) is 0 Å². The van der Waals surface area contributed by atoms with Crippen molar-refractivity contribution < 1.29 is 14.6 Å². The number of nitrogens with zero attached hydrogens (tertiary/aromatic N) is 1. The molecule has 1 spiro atoms. The predicted molar refractivity (Wildman–Crippen MR) is 94.8 cm³/mol. The number of methoxy groups -OCH3 is 1. The standard InChI is InChI=1S/C20H28N2O3/c1-24-18-6-14-4-2-3-13(14)5-15(18)8-22-9-17-16(10-23)19-7-21-11-20(17,12-22)25-19/h5-6,16-17,19,21,23H,2-4,7-12H2,1H3/t16-,17+,19+,20+/m0/s1. The summed E-state index contributed by atoms with van der Waals surface area (Å²) in [6.07, 6.45) is 3.82. The molecule has 0 saturated carbocycles. The molecule has 136 valence electrons. The van der Waals surface area contributed by atoms with E-state index >= 15 is 0 Å². The van der Waals surface area contributed by atoms with Gasteiger partial charge in [-0.2, -0.15) is 0 Å². The van der Waals surface area contributed by atoms with Gasteiger partial charge in [0.25, 0.3) is 0 Å². The van der Waals surface area contributed by atoms with Crippen LogP contribution in [0.1, 0.15) is 23.1 Å². The maximum atomic E-state index is 9.87. The van der Waals surface area contributed by atoms with Crippen LogP contribution in [0.3, 0.4) is 0 Å². The third-order valence-electron chi connectivity index (χ3n) is 6.87. The summed E-state index contributed by atoms with van der Waals surface area (Å²) >= 11 is 0. The van der Waals surface area contributed by atoms with E-state index in [1.807, 2.05) is 0 Å². The maximum absolute atomic E-state index is 9.87. The number of aliphatic hydroxyl groups is 1. The Hall–Kier alpha value is -1.14. The second-order valence-corrected chi connectivity index (χ2v) is 8.26. The fraction of sp³-hybridized carbons (Fsp3) is 0.700. The molecule has 1 aromatic rings. The molecule has 25 heavy (non-hydrogen) atoms. The van der Waals surface area contributed by atoms with E-state index in [0.29, 0.717) is 5.92 Å². The summed E-state index contributed by atoms with van der Waals surface area (Å²) in [5, 5.41) is 13.4. The number of morpholine rings is 1. The smallest absolute Gasteiger partial charge is 0.123 e. The van der Waals surface area contributed by atoms with Crippen molar-refractivity contribution >= 4 is 0 Å². The van der Waals surface area contributed by atoms with Crippen molar-refractivity contribution in [3.05, 3.63) is 28.8 Å². The van der Waals surface area contributed by atoms with Gasteiger partial charge in [-0.15, -0.1) is 0 Å². The van der Waals surface area contributed by atoms with E-state index in [-0.39, 0.29) is 24.2 Å². The summed E-state index contributed by atoms with van der Waals surface area (Å²) in [7, 11) is 1.78. The van der Waals surface area contributed by atoms with Gasteiger partial charge in [-0.3, -0.25) is 4.90 Å². The van der Waals surface area contributed by atoms with Crippen LogP contribution >= 0.6 is 0 Å². The summed E-state index contributed by atoms with van der Waals surface area (Å²) in [6.45, 7) is 4.86. The van der Waals surface area contributed by atoms with Gasteiger partial charge in [-0.05, 0) is 36.5 Å². The average molecular weight is 344 g/mol. The lowest BCUT2D eigenvalue weighted by Crippen LogP contribution is -2.52. The largest absolute Gasteiger partial charge is 0.496 e. The van der Waals surface area contributed by atoms with E-state index in [1.54, 1.807) is 7.11 Å². The molecule has 5 rings (SSSR count). The van der Waals surface area contributed by atoms with Gasteiger partial charge in [0.2, 0.25) is 0 Å². The number of aryl methyl sites for hydroxylation is 2. The number of ether oxygens (including phenoxy) is 2. The van der Waals surface area contributed by atoms with E-state index in [9.17, 15) is 5.11 Å². The van der Waals surface area contributed by atoms with Crippen LogP contribution in [0.4, 0.5) is 0 Å². The molecule has 3 aliphatic heterocycles. The van der Waals surface area contributed by atoms with Crippen LogP contribution in [-0.4, -0.2) is 61.6 Å². The number of likely N-dealkylation sites (tertiary alicyclic amines) is 1. The molecular formula is C20H28N2O3. The maximum Gasteiger partial charge on any atom is 0.123 e. The topological polar surface area (TPSA) is 54.0 Å². The molecule has 3 heterocycles.